The van der Waals surface area contributed by atoms with E-state index in [0.717, 1.165) is 31.4 Å². The standard InChI is InChI=1S/C26H22Cl2F3N5O2/c1-13(15-3-2-4-15)32-21-20-22(34-23(33-21)25(37)38)35-24(18-11-17(27)9-10-19(18)28)36(20)12-14-5-7-16(8-6-14)26(29,30)31/h5-11,13,15H,2-4,12H2,1H3,(H,37,38)(H,32,33,34)/t13-/m1/s1. The smallest absolute Gasteiger partial charge is 0.416 e. The molecule has 0 bridgehead atoms. The van der Waals surface area contributed by atoms with Crippen molar-refractivity contribution in [1.29, 1.82) is 0 Å². The Labute approximate surface area is 225 Å². The van der Waals surface area contributed by atoms with Gasteiger partial charge in [0.2, 0.25) is 5.82 Å². The highest BCUT2D eigenvalue weighted by molar-refractivity contribution is 6.35. The average molecular weight is 564 g/mol. The van der Waals surface area contributed by atoms with E-state index in [1.165, 1.54) is 12.1 Å². The zero-order chi connectivity index (χ0) is 27.2. The number of hydrogen-bond donors (Lipinski definition) is 2. The van der Waals surface area contributed by atoms with Crippen molar-refractivity contribution in [3.8, 4) is 11.4 Å². The van der Waals surface area contributed by atoms with E-state index in [9.17, 15) is 23.1 Å². The number of hydrogen-bond acceptors (Lipinski definition) is 5. The number of alkyl halides is 3. The molecular formula is C26H22Cl2F3N5O2. The van der Waals surface area contributed by atoms with Crippen LogP contribution in [0.5, 0.6) is 0 Å². The second-order valence-electron chi connectivity index (χ2n) is 9.34. The van der Waals surface area contributed by atoms with Crippen molar-refractivity contribution in [3.05, 3.63) is 69.5 Å². The number of aromatic carboxylic acids is 1. The molecule has 198 valence electrons. The maximum atomic E-state index is 13.1. The van der Waals surface area contributed by atoms with Gasteiger partial charge in [0.1, 0.15) is 11.3 Å². The van der Waals surface area contributed by atoms with Crippen molar-refractivity contribution in [3.63, 3.8) is 0 Å². The number of rotatable bonds is 7. The highest BCUT2D eigenvalue weighted by Crippen LogP contribution is 2.37. The summed E-state index contributed by atoms with van der Waals surface area (Å²) in [6.07, 6.45) is -1.25. The molecule has 1 saturated carbocycles. The molecule has 0 aliphatic heterocycles. The summed E-state index contributed by atoms with van der Waals surface area (Å²) in [5.74, 6) is -0.741. The Morgan fingerprint density at radius 1 is 1.13 bits per heavy atom. The summed E-state index contributed by atoms with van der Waals surface area (Å²) in [6.45, 7) is 2.10. The van der Waals surface area contributed by atoms with Crippen LogP contribution in [0.4, 0.5) is 19.0 Å². The first-order valence-electron chi connectivity index (χ1n) is 11.9. The van der Waals surface area contributed by atoms with E-state index in [1.54, 1.807) is 22.8 Å². The van der Waals surface area contributed by atoms with Crippen LogP contribution in [0.15, 0.2) is 42.5 Å². The normalized spacial score (nSPS) is 14.9. The molecule has 2 aromatic carbocycles. The summed E-state index contributed by atoms with van der Waals surface area (Å²) < 4.78 is 41.1. The molecule has 0 saturated heterocycles. The first kappa shape index (κ1) is 26.2. The zero-order valence-corrected chi connectivity index (χ0v) is 21.6. The number of nitrogens with zero attached hydrogens (tertiary/aromatic N) is 4. The largest absolute Gasteiger partial charge is 0.475 e. The van der Waals surface area contributed by atoms with Crippen molar-refractivity contribution in [1.82, 2.24) is 19.5 Å². The molecule has 2 N–H and O–H groups in total. The summed E-state index contributed by atoms with van der Waals surface area (Å²) in [5, 5.41) is 13.7. The second-order valence-corrected chi connectivity index (χ2v) is 10.2. The molecule has 2 aromatic heterocycles. The third-order valence-corrected chi connectivity index (χ3v) is 7.37. The van der Waals surface area contributed by atoms with Crippen molar-refractivity contribution >= 4 is 46.2 Å². The quantitative estimate of drug-likeness (QED) is 0.247. The van der Waals surface area contributed by atoms with Crippen LogP contribution in [0.1, 0.15) is 47.9 Å². The van der Waals surface area contributed by atoms with E-state index in [1.807, 2.05) is 6.92 Å². The van der Waals surface area contributed by atoms with E-state index in [2.05, 4.69) is 20.3 Å². The molecule has 0 radical (unpaired) electrons. The van der Waals surface area contributed by atoms with Crippen LogP contribution < -0.4 is 5.32 Å². The van der Waals surface area contributed by atoms with Crippen molar-refractivity contribution < 1.29 is 23.1 Å². The molecule has 1 fully saturated rings. The van der Waals surface area contributed by atoms with Gasteiger partial charge in [-0.15, -0.1) is 0 Å². The fourth-order valence-corrected chi connectivity index (χ4v) is 4.89. The second kappa shape index (κ2) is 10.1. The van der Waals surface area contributed by atoms with E-state index < -0.39 is 23.5 Å². The summed E-state index contributed by atoms with van der Waals surface area (Å²) in [5.41, 5.74) is 0.766. The number of carbonyl (C=O) groups is 1. The zero-order valence-electron chi connectivity index (χ0n) is 20.1. The van der Waals surface area contributed by atoms with Gasteiger partial charge in [-0.05, 0) is 61.6 Å². The number of halogens is 5. The van der Waals surface area contributed by atoms with Crippen LogP contribution in [0.3, 0.4) is 0 Å². The lowest BCUT2D eigenvalue weighted by molar-refractivity contribution is -0.137. The molecule has 0 amide bonds. The van der Waals surface area contributed by atoms with E-state index >= 15 is 0 Å². The van der Waals surface area contributed by atoms with Crippen LogP contribution in [-0.4, -0.2) is 36.6 Å². The number of anilines is 1. The predicted octanol–water partition coefficient (Wildman–Crippen LogP) is 7.17. The monoisotopic (exact) mass is 563 g/mol. The minimum atomic E-state index is -4.46. The van der Waals surface area contributed by atoms with E-state index in [4.69, 9.17) is 23.2 Å². The van der Waals surface area contributed by atoms with Crippen LogP contribution >= 0.6 is 23.2 Å². The third-order valence-electron chi connectivity index (χ3n) is 6.81. The Bertz CT molecular complexity index is 1520. The molecular weight excluding hydrogens is 542 g/mol. The number of benzene rings is 2. The number of aromatic nitrogens is 4. The molecule has 0 unspecified atom stereocenters. The lowest BCUT2D eigenvalue weighted by Gasteiger charge is -2.32. The van der Waals surface area contributed by atoms with Gasteiger partial charge in [-0.2, -0.15) is 13.2 Å². The molecule has 12 heteroatoms. The first-order chi connectivity index (χ1) is 18.0. The molecule has 0 spiro atoms. The van der Waals surface area contributed by atoms with Crippen LogP contribution in [-0.2, 0) is 12.7 Å². The molecule has 2 heterocycles. The highest BCUT2D eigenvalue weighted by atomic mass is 35.5. The lowest BCUT2D eigenvalue weighted by atomic mass is 9.80. The lowest BCUT2D eigenvalue weighted by Crippen LogP contribution is -2.31. The summed E-state index contributed by atoms with van der Waals surface area (Å²) in [7, 11) is 0. The number of carboxylic acid groups (broad SMARTS) is 1. The van der Waals surface area contributed by atoms with E-state index in [-0.39, 0.29) is 24.1 Å². The van der Waals surface area contributed by atoms with Crippen molar-refractivity contribution in [2.45, 2.75) is 44.9 Å². The van der Waals surface area contributed by atoms with Gasteiger partial charge in [-0.3, -0.25) is 0 Å². The fourth-order valence-electron chi connectivity index (χ4n) is 4.52. The molecule has 7 nitrogen and oxygen atoms in total. The van der Waals surface area contributed by atoms with Crippen LogP contribution in [0.25, 0.3) is 22.6 Å². The maximum absolute atomic E-state index is 13.1. The Kier molecular flexibility index (Phi) is 6.96. The van der Waals surface area contributed by atoms with Crippen LogP contribution in [0, 0.1) is 5.92 Å². The summed E-state index contributed by atoms with van der Waals surface area (Å²) >= 11 is 12.7. The molecule has 4 aromatic rings. The molecule has 5 rings (SSSR count). The van der Waals surface area contributed by atoms with Gasteiger partial charge in [0, 0.05) is 23.2 Å². The molecule has 1 aliphatic rings. The maximum Gasteiger partial charge on any atom is 0.416 e. The van der Waals surface area contributed by atoms with Gasteiger partial charge in [0.25, 0.3) is 0 Å². The fraction of sp³-hybridized carbons (Fsp3) is 0.308. The van der Waals surface area contributed by atoms with Gasteiger partial charge in [0.15, 0.2) is 11.5 Å². The third kappa shape index (κ3) is 5.15. The first-order valence-corrected chi connectivity index (χ1v) is 12.7. The van der Waals surface area contributed by atoms with Crippen molar-refractivity contribution in [2.24, 2.45) is 5.92 Å². The van der Waals surface area contributed by atoms with Gasteiger partial charge < -0.3 is 15.0 Å². The number of fused-ring (bicyclic) bond motifs is 1. The minimum absolute atomic E-state index is 0.00359. The Morgan fingerprint density at radius 3 is 2.45 bits per heavy atom. The van der Waals surface area contributed by atoms with Gasteiger partial charge >= 0.3 is 12.1 Å². The van der Waals surface area contributed by atoms with Gasteiger partial charge in [-0.25, -0.2) is 19.7 Å². The summed E-state index contributed by atoms with van der Waals surface area (Å²) in [6, 6.07) is 9.62. The number of imidazole rings is 1. The van der Waals surface area contributed by atoms with Crippen LogP contribution in [0.2, 0.25) is 10.0 Å². The topological polar surface area (TPSA) is 92.9 Å². The number of nitrogens with one attached hydrogen (secondary N) is 1. The summed E-state index contributed by atoms with van der Waals surface area (Å²) in [4.78, 5) is 24.9. The van der Waals surface area contributed by atoms with Gasteiger partial charge in [0.05, 0.1) is 10.6 Å². The minimum Gasteiger partial charge on any atom is -0.475 e. The predicted molar refractivity (Wildman–Crippen MR) is 139 cm³/mol. The Balaban J connectivity index is 1.71. The molecule has 38 heavy (non-hydrogen) atoms. The SMILES string of the molecule is C[C@@H](Nc1nc(C(=O)O)nc2nc(-c3cc(Cl)ccc3Cl)n(Cc3ccc(C(F)(F)F)cc3)c12)C1CCC1. The van der Waals surface area contributed by atoms with E-state index in [0.29, 0.717) is 38.4 Å². The molecule has 1 aliphatic carbocycles. The average Bonchev–Trinajstić information content (AvgIpc) is 3.17. The van der Waals surface area contributed by atoms with Gasteiger partial charge in [-0.1, -0.05) is 41.8 Å². The number of carboxylic acids is 1. The molecule has 1 atom stereocenters. The highest BCUT2D eigenvalue weighted by Gasteiger charge is 2.31. The van der Waals surface area contributed by atoms with Crippen molar-refractivity contribution in [2.75, 3.05) is 5.32 Å². The Morgan fingerprint density at radius 2 is 1.84 bits per heavy atom. The Hall–Kier alpha value is -3.37.